The number of hydrogen-bond donors (Lipinski definition) is 3. The minimum Gasteiger partial charge on any atom is -0.396 e. The summed E-state index contributed by atoms with van der Waals surface area (Å²) in [5, 5.41) is 26.0. The number of aliphatic hydroxyl groups is 3. The first-order valence-corrected chi connectivity index (χ1v) is 10.5. The maximum Gasteiger partial charge on any atom is 0.313 e. The van der Waals surface area contributed by atoms with Gasteiger partial charge >= 0.3 is 11.9 Å². The van der Waals surface area contributed by atoms with Gasteiger partial charge in [-0.2, -0.15) is 0 Å². The highest BCUT2D eigenvalue weighted by atomic mass is 16.6. The van der Waals surface area contributed by atoms with E-state index >= 15 is 0 Å². The minimum absolute atomic E-state index is 0.156. The molecular weight excluding hydrogens is 348 g/mol. The lowest BCUT2D eigenvalue weighted by Gasteiger charge is -2.24. The Hall–Kier alpha value is -0.980. The highest BCUT2D eigenvalue weighted by Gasteiger charge is 2.24. The fraction of sp³-hybridized carbons (Fsp3) is 0.905. The zero-order chi connectivity index (χ0) is 21.0. The van der Waals surface area contributed by atoms with Crippen LogP contribution >= 0.6 is 0 Å². The summed E-state index contributed by atoms with van der Waals surface area (Å²) in [4.78, 5) is 22.0. The van der Waals surface area contributed by atoms with Gasteiger partial charge < -0.3 is 20.1 Å². The molecule has 0 radical (unpaired) electrons. The number of unbranched alkanes of at least 4 members (excludes halogenated alkanes) is 8. The van der Waals surface area contributed by atoms with Crippen molar-refractivity contribution in [1.29, 1.82) is 0 Å². The van der Waals surface area contributed by atoms with Crippen LogP contribution in [-0.4, -0.2) is 47.1 Å². The van der Waals surface area contributed by atoms with Gasteiger partial charge in [0.05, 0.1) is 19.8 Å². The third kappa shape index (κ3) is 16.9. The van der Waals surface area contributed by atoms with E-state index < -0.39 is 11.4 Å². The smallest absolute Gasteiger partial charge is 0.313 e. The fourth-order valence-corrected chi connectivity index (χ4v) is 2.32. The standard InChI is InChI=1S/C15H28O3.C6H14O3/c1-3-5-6-7-8-9-10-11-12-13-15(17)18-14(16)4-2;1-2-6(3-7,4-8)5-9/h3-13H2,1-2H3;7-9H,2-5H2,1H3. The molecule has 0 fully saturated rings. The van der Waals surface area contributed by atoms with Crippen LogP contribution in [0.4, 0.5) is 0 Å². The average Bonchev–Trinajstić information content (AvgIpc) is 2.69. The van der Waals surface area contributed by atoms with Crippen LogP contribution in [-0.2, 0) is 14.3 Å². The second kappa shape index (κ2) is 19.8. The predicted octanol–water partition coefficient (Wildman–Crippen LogP) is 3.75. The van der Waals surface area contributed by atoms with Gasteiger partial charge in [-0.05, 0) is 12.8 Å². The monoisotopic (exact) mass is 390 g/mol. The minimum atomic E-state index is -0.667. The quantitative estimate of drug-likeness (QED) is 0.223. The average molecular weight is 391 g/mol. The van der Waals surface area contributed by atoms with Crippen molar-refractivity contribution < 1.29 is 29.6 Å². The van der Waals surface area contributed by atoms with E-state index in [1.807, 2.05) is 6.92 Å². The summed E-state index contributed by atoms with van der Waals surface area (Å²) < 4.78 is 4.59. The van der Waals surface area contributed by atoms with Crippen LogP contribution < -0.4 is 0 Å². The Kier molecular flexibility index (Phi) is 20.7. The first kappa shape index (κ1) is 28.2. The van der Waals surface area contributed by atoms with Crippen LogP contribution in [0.2, 0.25) is 0 Å². The maximum atomic E-state index is 11.2. The summed E-state index contributed by atoms with van der Waals surface area (Å²) in [6.07, 6.45) is 12.2. The molecule has 0 aliphatic heterocycles. The third-order valence-electron chi connectivity index (χ3n) is 4.76. The maximum absolute atomic E-state index is 11.2. The first-order chi connectivity index (χ1) is 12.9. The number of carbonyl (C=O) groups is 2. The van der Waals surface area contributed by atoms with E-state index in [0.29, 0.717) is 12.8 Å². The molecule has 0 spiro atoms. The molecule has 6 heteroatoms. The molecule has 0 bridgehead atoms. The van der Waals surface area contributed by atoms with Crippen molar-refractivity contribution >= 4 is 11.9 Å². The molecule has 0 heterocycles. The third-order valence-corrected chi connectivity index (χ3v) is 4.76. The number of carbonyl (C=O) groups excluding carboxylic acids is 2. The molecule has 0 saturated carbocycles. The van der Waals surface area contributed by atoms with Gasteiger partial charge in [0.1, 0.15) is 0 Å². The van der Waals surface area contributed by atoms with Gasteiger partial charge in [-0.15, -0.1) is 0 Å². The lowest BCUT2D eigenvalue weighted by molar-refractivity contribution is -0.159. The molecule has 0 aromatic carbocycles. The molecule has 0 atom stereocenters. The van der Waals surface area contributed by atoms with E-state index in [4.69, 9.17) is 15.3 Å². The number of esters is 2. The Balaban J connectivity index is 0. The molecule has 0 rings (SSSR count). The Morgan fingerprint density at radius 3 is 1.48 bits per heavy atom. The second-order valence-electron chi connectivity index (χ2n) is 7.11. The van der Waals surface area contributed by atoms with Crippen LogP contribution in [0.5, 0.6) is 0 Å². The van der Waals surface area contributed by atoms with Gasteiger partial charge in [-0.25, -0.2) is 0 Å². The molecule has 0 saturated heterocycles. The van der Waals surface area contributed by atoms with Crippen LogP contribution in [0.1, 0.15) is 97.8 Å². The Morgan fingerprint density at radius 2 is 1.15 bits per heavy atom. The van der Waals surface area contributed by atoms with Crippen molar-refractivity contribution in [3.05, 3.63) is 0 Å². The lowest BCUT2D eigenvalue weighted by atomic mass is 9.88. The second-order valence-corrected chi connectivity index (χ2v) is 7.11. The zero-order valence-electron chi connectivity index (χ0n) is 17.7. The molecule has 6 nitrogen and oxygen atoms in total. The Bertz CT molecular complexity index is 335. The topological polar surface area (TPSA) is 104 Å². The highest BCUT2D eigenvalue weighted by Crippen LogP contribution is 2.18. The molecule has 0 aromatic rings. The van der Waals surface area contributed by atoms with Crippen LogP contribution in [0.3, 0.4) is 0 Å². The van der Waals surface area contributed by atoms with Gasteiger partial charge in [0, 0.05) is 18.3 Å². The lowest BCUT2D eigenvalue weighted by Crippen LogP contribution is -2.32. The molecule has 0 amide bonds. The molecule has 27 heavy (non-hydrogen) atoms. The SMILES string of the molecule is CCC(CO)(CO)CO.CCCCCCCCCCCC(=O)OC(=O)CC. The number of ether oxygens (including phenoxy) is 1. The molecular formula is C21H42O6. The fourth-order valence-electron chi connectivity index (χ4n) is 2.32. The molecule has 0 aliphatic rings. The molecule has 3 N–H and O–H groups in total. The number of aliphatic hydroxyl groups excluding tert-OH is 3. The van der Waals surface area contributed by atoms with Gasteiger partial charge in [0.25, 0.3) is 0 Å². The van der Waals surface area contributed by atoms with Gasteiger partial charge in [0.2, 0.25) is 0 Å². The normalized spacial score (nSPS) is 10.9. The van der Waals surface area contributed by atoms with Crippen molar-refractivity contribution in [3.63, 3.8) is 0 Å². The predicted molar refractivity (Wildman–Crippen MR) is 107 cm³/mol. The van der Waals surface area contributed by atoms with Gasteiger partial charge in [-0.3, -0.25) is 9.59 Å². The highest BCUT2D eigenvalue weighted by molar-refractivity contribution is 5.85. The Morgan fingerprint density at radius 1 is 0.704 bits per heavy atom. The van der Waals surface area contributed by atoms with Crippen LogP contribution in [0.25, 0.3) is 0 Å². The van der Waals surface area contributed by atoms with Gasteiger partial charge in [-0.1, -0.05) is 72.1 Å². The summed E-state index contributed by atoms with van der Waals surface area (Å²) >= 11 is 0. The zero-order valence-corrected chi connectivity index (χ0v) is 17.7. The van der Waals surface area contributed by atoms with Crippen LogP contribution in [0, 0.1) is 5.41 Å². The van der Waals surface area contributed by atoms with Crippen molar-refractivity contribution in [2.75, 3.05) is 19.8 Å². The summed E-state index contributed by atoms with van der Waals surface area (Å²) in [7, 11) is 0. The van der Waals surface area contributed by atoms with E-state index in [1.54, 1.807) is 6.92 Å². The first-order valence-electron chi connectivity index (χ1n) is 10.5. The Labute approximate surface area is 165 Å². The summed E-state index contributed by atoms with van der Waals surface area (Å²) in [6.45, 7) is 5.27. The van der Waals surface area contributed by atoms with E-state index in [1.165, 1.54) is 44.9 Å². The van der Waals surface area contributed by atoms with E-state index in [2.05, 4.69) is 11.7 Å². The van der Waals surface area contributed by atoms with Crippen molar-refractivity contribution in [2.45, 2.75) is 97.8 Å². The number of rotatable bonds is 15. The van der Waals surface area contributed by atoms with Crippen molar-refractivity contribution in [3.8, 4) is 0 Å². The number of hydrogen-bond acceptors (Lipinski definition) is 6. The molecule has 0 unspecified atom stereocenters. The van der Waals surface area contributed by atoms with Crippen LogP contribution in [0.15, 0.2) is 0 Å². The van der Waals surface area contributed by atoms with Gasteiger partial charge in [0.15, 0.2) is 0 Å². The summed E-state index contributed by atoms with van der Waals surface area (Å²) in [6, 6.07) is 0. The molecule has 162 valence electrons. The summed E-state index contributed by atoms with van der Waals surface area (Å²) in [5.41, 5.74) is -0.667. The molecule has 0 aromatic heterocycles. The largest absolute Gasteiger partial charge is 0.396 e. The van der Waals surface area contributed by atoms with Crippen molar-refractivity contribution in [2.24, 2.45) is 5.41 Å². The van der Waals surface area contributed by atoms with E-state index in [0.717, 1.165) is 12.8 Å². The van der Waals surface area contributed by atoms with E-state index in [-0.39, 0.29) is 32.2 Å². The molecule has 0 aliphatic carbocycles. The van der Waals surface area contributed by atoms with Crippen molar-refractivity contribution in [1.82, 2.24) is 0 Å². The summed E-state index contributed by atoms with van der Waals surface area (Å²) in [5.74, 6) is -0.791. The van der Waals surface area contributed by atoms with E-state index in [9.17, 15) is 9.59 Å².